The molecule has 2 atom stereocenters. The van der Waals surface area contributed by atoms with E-state index in [0.717, 1.165) is 41.4 Å². The van der Waals surface area contributed by atoms with Crippen molar-refractivity contribution in [2.24, 2.45) is 7.05 Å². The lowest BCUT2D eigenvalue weighted by Crippen LogP contribution is -2.41. The highest BCUT2D eigenvalue weighted by Gasteiger charge is 2.45. The van der Waals surface area contributed by atoms with Crippen LogP contribution in [0.15, 0.2) is 66.9 Å². The van der Waals surface area contributed by atoms with Gasteiger partial charge in [-0.2, -0.15) is 5.10 Å². The predicted octanol–water partition coefficient (Wildman–Crippen LogP) is 4.54. The molecule has 0 saturated carbocycles. The van der Waals surface area contributed by atoms with Gasteiger partial charge in [-0.1, -0.05) is 36.4 Å². The van der Waals surface area contributed by atoms with Crippen LogP contribution in [0.2, 0.25) is 0 Å². The highest BCUT2D eigenvalue weighted by atomic mass is 16.2. The normalized spacial score (nSPS) is 19.8. The average molecular weight is 394 g/mol. The van der Waals surface area contributed by atoms with Gasteiger partial charge in [0, 0.05) is 41.4 Å². The van der Waals surface area contributed by atoms with Crippen molar-refractivity contribution in [3.63, 3.8) is 0 Å². The van der Waals surface area contributed by atoms with E-state index in [-0.39, 0.29) is 18.0 Å². The summed E-state index contributed by atoms with van der Waals surface area (Å²) in [6.45, 7) is 0. The van der Waals surface area contributed by atoms with Gasteiger partial charge in [-0.3, -0.25) is 14.5 Å². The quantitative estimate of drug-likeness (QED) is 0.502. The second-order valence-corrected chi connectivity index (χ2v) is 8.28. The van der Waals surface area contributed by atoms with Crippen molar-refractivity contribution >= 4 is 16.8 Å². The lowest BCUT2D eigenvalue weighted by Gasteiger charge is -2.34. The Labute approximate surface area is 175 Å². The summed E-state index contributed by atoms with van der Waals surface area (Å²) in [5, 5.41) is 5.89. The summed E-state index contributed by atoms with van der Waals surface area (Å²) in [6, 6.07) is 20.5. The van der Waals surface area contributed by atoms with Crippen LogP contribution >= 0.6 is 0 Å². The fraction of sp³-hybridized carbons (Fsp3) is 0.240. The first-order valence-corrected chi connectivity index (χ1v) is 10.5. The summed E-state index contributed by atoms with van der Waals surface area (Å²) in [7, 11) is 2.01. The van der Waals surface area contributed by atoms with Crippen LogP contribution in [0.1, 0.15) is 40.5 Å². The maximum atomic E-state index is 13.5. The molecule has 0 radical (unpaired) electrons. The van der Waals surface area contributed by atoms with E-state index in [0.29, 0.717) is 0 Å². The monoisotopic (exact) mass is 394 g/mol. The first-order chi connectivity index (χ1) is 14.7. The fourth-order valence-corrected chi connectivity index (χ4v) is 5.27. The number of rotatable bonds is 2. The molecular formula is C25H22N4O. The molecule has 1 saturated heterocycles. The number of fused-ring (bicyclic) bond motifs is 5. The number of benzene rings is 2. The van der Waals surface area contributed by atoms with Gasteiger partial charge in [0.2, 0.25) is 0 Å². The standard InChI is InChI=1S/C25H22N4O/c1-28-24(16-6-3-2-4-7-16)20-15-19-10-12-22(23(20)27-28)29(19)25(30)18-9-11-21-17(14-18)8-5-13-26-21/h2-9,11,13-14,19,22H,10,12,15H2,1H3. The number of pyridine rings is 1. The van der Waals surface area contributed by atoms with Crippen molar-refractivity contribution in [2.75, 3.05) is 0 Å². The number of aromatic nitrogens is 3. The number of carbonyl (C=O) groups excluding carboxylic acids is 1. The number of hydrogen-bond acceptors (Lipinski definition) is 3. The van der Waals surface area contributed by atoms with Gasteiger partial charge in [-0.15, -0.1) is 0 Å². The van der Waals surface area contributed by atoms with Crippen LogP contribution in [0.3, 0.4) is 0 Å². The van der Waals surface area contributed by atoms with Crippen molar-refractivity contribution in [3.8, 4) is 11.3 Å². The van der Waals surface area contributed by atoms with E-state index < -0.39 is 0 Å². The highest BCUT2D eigenvalue weighted by molar-refractivity contribution is 5.98. The number of nitrogens with zero attached hydrogens (tertiary/aromatic N) is 4. The van der Waals surface area contributed by atoms with E-state index in [2.05, 4.69) is 34.1 Å². The molecule has 2 aromatic carbocycles. The molecule has 5 heteroatoms. The van der Waals surface area contributed by atoms with Gasteiger partial charge in [-0.25, -0.2) is 0 Å². The zero-order valence-electron chi connectivity index (χ0n) is 16.8. The Bertz CT molecular complexity index is 1280. The van der Waals surface area contributed by atoms with Gasteiger partial charge < -0.3 is 4.90 Å². The molecule has 0 aliphatic carbocycles. The van der Waals surface area contributed by atoms with E-state index in [4.69, 9.17) is 5.10 Å². The second-order valence-electron chi connectivity index (χ2n) is 8.28. The molecule has 2 aliphatic heterocycles. The van der Waals surface area contributed by atoms with Gasteiger partial charge in [0.05, 0.1) is 22.9 Å². The van der Waals surface area contributed by atoms with Crippen LogP contribution in [0.25, 0.3) is 22.2 Å². The van der Waals surface area contributed by atoms with Crippen molar-refractivity contribution in [1.82, 2.24) is 19.7 Å². The Morgan fingerprint density at radius 3 is 2.77 bits per heavy atom. The molecule has 2 aliphatic rings. The Balaban J connectivity index is 1.40. The second kappa shape index (κ2) is 6.52. The molecule has 1 fully saturated rings. The molecule has 2 aromatic heterocycles. The maximum absolute atomic E-state index is 13.5. The molecule has 2 bridgehead atoms. The van der Waals surface area contributed by atoms with E-state index in [9.17, 15) is 4.79 Å². The summed E-state index contributed by atoms with van der Waals surface area (Å²) in [4.78, 5) is 20.0. The van der Waals surface area contributed by atoms with Crippen LogP contribution < -0.4 is 0 Å². The minimum atomic E-state index is 0.0551. The molecule has 30 heavy (non-hydrogen) atoms. The highest BCUT2D eigenvalue weighted by Crippen LogP contribution is 2.46. The zero-order chi connectivity index (χ0) is 20.2. The molecular weight excluding hydrogens is 372 g/mol. The predicted molar refractivity (Wildman–Crippen MR) is 116 cm³/mol. The first-order valence-electron chi connectivity index (χ1n) is 10.5. The van der Waals surface area contributed by atoms with Crippen LogP contribution in [-0.4, -0.2) is 31.6 Å². The fourth-order valence-electron chi connectivity index (χ4n) is 5.27. The largest absolute Gasteiger partial charge is 0.327 e. The molecule has 148 valence electrons. The molecule has 2 unspecified atom stereocenters. The summed E-state index contributed by atoms with van der Waals surface area (Å²) in [5.41, 5.74) is 6.40. The van der Waals surface area contributed by atoms with Gasteiger partial charge in [0.15, 0.2) is 0 Å². The number of hydrogen-bond donors (Lipinski definition) is 0. The van der Waals surface area contributed by atoms with Crippen molar-refractivity contribution < 1.29 is 4.79 Å². The van der Waals surface area contributed by atoms with E-state index in [1.807, 2.05) is 48.1 Å². The molecule has 4 heterocycles. The summed E-state index contributed by atoms with van der Waals surface area (Å²) in [5.74, 6) is 0.103. The maximum Gasteiger partial charge on any atom is 0.254 e. The number of aryl methyl sites for hydroxylation is 1. The Hall–Kier alpha value is -3.47. The Morgan fingerprint density at radius 1 is 1.03 bits per heavy atom. The van der Waals surface area contributed by atoms with Gasteiger partial charge in [0.1, 0.15) is 0 Å². The molecule has 0 spiro atoms. The van der Waals surface area contributed by atoms with Crippen LogP contribution in [-0.2, 0) is 13.5 Å². The summed E-state index contributed by atoms with van der Waals surface area (Å²) >= 11 is 0. The lowest BCUT2D eigenvalue weighted by atomic mass is 9.94. The third kappa shape index (κ3) is 2.51. The SMILES string of the molecule is Cn1nc2c(c1-c1ccccc1)CC1CCC2N1C(=O)c1ccc2ncccc2c1. The Kier molecular flexibility index (Phi) is 3.78. The lowest BCUT2D eigenvalue weighted by molar-refractivity contribution is 0.0642. The van der Waals surface area contributed by atoms with Gasteiger partial charge >= 0.3 is 0 Å². The minimum Gasteiger partial charge on any atom is -0.327 e. The van der Waals surface area contributed by atoms with Crippen molar-refractivity contribution in [1.29, 1.82) is 0 Å². The minimum absolute atomic E-state index is 0.0551. The van der Waals surface area contributed by atoms with E-state index in [1.54, 1.807) is 6.20 Å². The molecule has 6 rings (SSSR count). The molecule has 0 N–H and O–H groups in total. The number of carbonyl (C=O) groups is 1. The molecule has 4 aromatic rings. The Morgan fingerprint density at radius 2 is 1.90 bits per heavy atom. The van der Waals surface area contributed by atoms with Crippen LogP contribution in [0.4, 0.5) is 0 Å². The van der Waals surface area contributed by atoms with Crippen LogP contribution in [0, 0.1) is 0 Å². The third-order valence-electron chi connectivity index (χ3n) is 6.57. The van der Waals surface area contributed by atoms with Crippen molar-refractivity contribution in [2.45, 2.75) is 31.3 Å². The van der Waals surface area contributed by atoms with E-state index >= 15 is 0 Å². The topological polar surface area (TPSA) is 51.0 Å². The average Bonchev–Trinajstić information content (AvgIpc) is 3.29. The van der Waals surface area contributed by atoms with E-state index in [1.165, 1.54) is 16.8 Å². The van der Waals surface area contributed by atoms with Gasteiger partial charge in [-0.05, 0) is 43.5 Å². The van der Waals surface area contributed by atoms with Crippen molar-refractivity contribution in [3.05, 3.63) is 83.7 Å². The first kappa shape index (κ1) is 17.4. The smallest absolute Gasteiger partial charge is 0.254 e. The third-order valence-corrected chi connectivity index (χ3v) is 6.57. The van der Waals surface area contributed by atoms with Gasteiger partial charge in [0.25, 0.3) is 5.91 Å². The molecule has 1 amide bonds. The summed E-state index contributed by atoms with van der Waals surface area (Å²) < 4.78 is 1.99. The molecule has 5 nitrogen and oxygen atoms in total. The summed E-state index contributed by atoms with van der Waals surface area (Å²) in [6.07, 6.45) is 4.65. The number of amides is 1. The zero-order valence-corrected chi connectivity index (χ0v) is 16.8. The van der Waals surface area contributed by atoms with Crippen LogP contribution in [0.5, 0.6) is 0 Å².